The van der Waals surface area contributed by atoms with Crippen LogP contribution >= 0.6 is 0 Å². The van der Waals surface area contributed by atoms with Crippen LogP contribution in [-0.2, 0) is 72.8 Å². The molecule has 12 rings (SSSR count). The average Bonchev–Trinajstić information content (AvgIpc) is 1.83. The van der Waals surface area contributed by atoms with E-state index in [0.29, 0.717) is 79.2 Å². The first-order chi connectivity index (χ1) is 48.6. The number of aromatic amines is 3. The molecule has 6 aromatic carbocycles. The molecule has 9 atom stereocenters. The van der Waals surface area contributed by atoms with E-state index in [4.69, 9.17) is 19.3 Å². The van der Waals surface area contributed by atoms with Gasteiger partial charge in [0.25, 0.3) is 11.8 Å². The van der Waals surface area contributed by atoms with Crippen LogP contribution in [0.3, 0.4) is 0 Å². The number of H-pyrrole nitrogens is 3. The maximum Gasteiger partial charge on any atom is 0.335 e. The van der Waals surface area contributed by atoms with Crippen LogP contribution in [0.15, 0.2) is 182 Å². The Morgan fingerprint density at radius 3 is 1.20 bits per heavy atom. The van der Waals surface area contributed by atoms with Gasteiger partial charge in [-0.3, -0.25) is 24.9 Å². The first-order valence-electron chi connectivity index (χ1n) is 35.6. The zero-order valence-electron chi connectivity index (χ0n) is 60.1. The third kappa shape index (κ3) is 23.7. The average molecular weight is 1370 g/mol. The third-order valence-electron chi connectivity index (χ3n) is 20.1. The smallest absolute Gasteiger partial charge is 0.335 e. The summed E-state index contributed by atoms with van der Waals surface area (Å²) in [5.41, 5.74) is 14.5. The maximum absolute atomic E-state index is 12.8. The van der Waals surface area contributed by atoms with Crippen LogP contribution in [0.25, 0.3) is 0 Å². The summed E-state index contributed by atoms with van der Waals surface area (Å²) in [5, 5.41) is 51.7. The van der Waals surface area contributed by atoms with Gasteiger partial charge in [0, 0.05) is 55.0 Å². The number of nitrogens with one attached hydrogen (secondary N) is 3. The van der Waals surface area contributed by atoms with E-state index < -0.39 is 5.97 Å². The Bertz CT molecular complexity index is 3680. The second-order valence-electron chi connectivity index (χ2n) is 27.8. The minimum absolute atomic E-state index is 0. The van der Waals surface area contributed by atoms with Crippen LogP contribution in [-0.4, -0.2) is 117 Å². The number of hydrogen-bond donors (Lipinski definition) is 6. The number of aryl methyl sites for hydroxylation is 1. The summed E-state index contributed by atoms with van der Waals surface area (Å²) in [4.78, 5) is 39.9. The van der Waals surface area contributed by atoms with Gasteiger partial charge in [0.1, 0.15) is 0 Å². The quantitative estimate of drug-likeness (QED) is 0.0264. The summed E-state index contributed by atoms with van der Waals surface area (Å²) in [6.45, 7) is 6.94. The molecule has 533 valence electrons. The molecule has 3 aromatic heterocycles. The molecule has 3 aliphatic carbocycles. The number of nitrogens with zero attached hydrogens (tertiary/aromatic N) is 5. The number of ether oxygens (including phenoxy) is 3. The van der Waals surface area contributed by atoms with Gasteiger partial charge < -0.3 is 39.3 Å². The summed E-state index contributed by atoms with van der Waals surface area (Å²) < 4.78 is 15.1. The molecule has 0 saturated heterocycles. The zero-order chi connectivity index (χ0) is 70.8. The molecule has 6 N–H and O–H groups in total. The minimum Gasteiger partial charge on any atom is -0.478 e. The number of amides is 2. The van der Waals surface area contributed by atoms with Gasteiger partial charge in [0.15, 0.2) is 0 Å². The summed E-state index contributed by atoms with van der Waals surface area (Å²) in [6, 6.07) is 59.9. The predicted octanol–water partition coefficient (Wildman–Crippen LogP) is 15.3. The zero-order valence-corrected chi connectivity index (χ0v) is 60.1. The van der Waals surface area contributed by atoms with Gasteiger partial charge >= 0.3 is 5.97 Å². The van der Waals surface area contributed by atoms with Crippen molar-refractivity contribution >= 4 is 26.2 Å². The number of carbonyl (C=O) groups is 3. The highest BCUT2D eigenvalue weighted by Crippen LogP contribution is 2.43. The van der Waals surface area contributed by atoms with E-state index in [1.807, 2.05) is 115 Å². The lowest BCUT2D eigenvalue weighted by molar-refractivity contribution is 0.0695. The van der Waals surface area contributed by atoms with Gasteiger partial charge in [0.2, 0.25) is 0 Å². The van der Waals surface area contributed by atoms with Crippen molar-refractivity contribution in [3.63, 3.8) is 0 Å². The lowest BCUT2D eigenvalue weighted by Gasteiger charge is -2.20. The number of aromatic nitrogens is 6. The van der Waals surface area contributed by atoms with E-state index in [9.17, 15) is 24.6 Å². The Hall–Kier alpha value is -8.78. The number of carbonyl (C=O) groups excluding carboxylic acids is 2. The molecule has 3 heterocycles. The summed E-state index contributed by atoms with van der Waals surface area (Å²) in [6.07, 6.45) is 14.8. The second-order valence-corrected chi connectivity index (χ2v) is 27.8. The van der Waals surface area contributed by atoms with Crippen LogP contribution in [0.1, 0.15) is 195 Å². The SMILES string of the molecule is CCCc1cc(COC)[nH]n1.COCc1cc(CN(C)C(=O)c2ccc(C[C@@H]3CC[C@H]([C@H](O)c4ccccc4)C3)cc2)[nH]n1.COCc1cc(CN(C)C(=O)c2ccc(C[C@@H]3CC[C@H]([C@H](O)c4ccccc4)C3)cc2)[nH]n1.C[C@H](c1ccccc1)[C@H]1CC[C@@H](Cc2ccc(C(=O)O)cc2)C1.[B]. The Kier molecular flexibility index (Phi) is 30.9. The van der Waals surface area contributed by atoms with Crippen molar-refractivity contribution in [1.82, 2.24) is 40.4 Å². The van der Waals surface area contributed by atoms with Crippen molar-refractivity contribution in [2.45, 2.75) is 155 Å². The van der Waals surface area contributed by atoms with E-state index >= 15 is 0 Å². The molecule has 0 unspecified atom stereocenters. The highest BCUT2D eigenvalue weighted by molar-refractivity contribution is 5.94. The molecule has 3 aliphatic rings. The molecule has 0 aliphatic heterocycles. The van der Waals surface area contributed by atoms with E-state index in [2.05, 4.69) is 99.0 Å². The van der Waals surface area contributed by atoms with Gasteiger partial charge in [-0.2, -0.15) is 15.3 Å². The largest absolute Gasteiger partial charge is 0.478 e. The maximum atomic E-state index is 12.8. The first-order valence-corrected chi connectivity index (χ1v) is 35.6. The molecular formula is C83H104BN8O9. The Balaban J connectivity index is 0.000000180. The topological polar surface area (TPSA) is 232 Å². The van der Waals surface area contributed by atoms with Crippen LogP contribution in [0.4, 0.5) is 0 Å². The van der Waals surface area contributed by atoms with Crippen molar-refractivity contribution in [3.05, 3.63) is 266 Å². The van der Waals surface area contributed by atoms with Crippen molar-refractivity contribution in [2.75, 3.05) is 35.4 Å². The van der Waals surface area contributed by atoms with Crippen molar-refractivity contribution in [3.8, 4) is 0 Å². The number of rotatable bonds is 27. The molecule has 2 amide bonds. The normalized spacial score (nSPS) is 18.5. The van der Waals surface area contributed by atoms with Gasteiger partial charge in [-0.15, -0.1) is 0 Å². The Labute approximate surface area is 599 Å². The lowest BCUT2D eigenvalue weighted by atomic mass is 9.85. The molecule has 3 fully saturated rings. The van der Waals surface area contributed by atoms with Crippen molar-refractivity contribution in [2.24, 2.45) is 35.5 Å². The van der Waals surface area contributed by atoms with E-state index in [0.717, 1.165) is 128 Å². The van der Waals surface area contributed by atoms with Crippen molar-refractivity contribution < 1.29 is 43.9 Å². The van der Waals surface area contributed by atoms with E-state index in [-0.39, 0.29) is 32.4 Å². The summed E-state index contributed by atoms with van der Waals surface area (Å²) in [5.74, 6) is 3.00. The lowest BCUT2D eigenvalue weighted by Crippen LogP contribution is -2.26. The van der Waals surface area contributed by atoms with Crippen LogP contribution in [0.5, 0.6) is 0 Å². The van der Waals surface area contributed by atoms with E-state index in [1.165, 1.54) is 41.5 Å². The van der Waals surface area contributed by atoms with Gasteiger partial charge in [0.05, 0.1) is 84.8 Å². The van der Waals surface area contributed by atoms with Gasteiger partial charge in [-0.25, -0.2) is 4.79 Å². The fourth-order valence-corrected chi connectivity index (χ4v) is 14.7. The molecule has 0 bridgehead atoms. The molecule has 101 heavy (non-hydrogen) atoms. The minimum atomic E-state index is -0.853. The van der Waals surface area contributed by atoms with Crippen LogP contribution in [0.2, 0.25) is 0 Å². The fraction of sp³-hybridized carbons (Fsp3) is 0.422. The number of carboxylic acid groups (broad SMARTS) is 1. The fourth-order valence-electron chi connectivity index (χ4n) is 14.7. The molecule has 17 nitrogen and oxygen atoms in total. The van der Waals surface area contributed by atoms with Crippen LogP contribution in [0, 0.1) is 35.5 Å². The standard InChI is InChI=1S/2C27H33N3O3.C21H24O2.C8H14N2O.B/c2*1-30(17-24-16-25(18-33-2)29-28-24)27(32)22-11-8-19(9-12-22)14-20-10-13-23(15-20)26(31)21-6-4-3-5-7-21;1-15(18-5-3-2-4-6-18)20-12-9-17(14-20)13-16-7-10-19(11-8-16)21(22)23;1-3-4-7-5-8(6-11-2)10-9-7;/h2*3-9,11-12,16,20,23,26,31H,10,13-15,17-18H2,1-2H3,(H,28,29);2-8,10-11,15,17,20H,9,12-14H2,1H3,(H,22,23);5H,3-4,6H2,1-2H3,(H,9,10);/t2*20-,23-,26+;15-,17+,20+;;/m001../s1. The number of carboxylic acids is 1. The molecule has 3 saturated carbocycles. The molecular weight excluding hydrogens is 1260 g/mol. The summed E-state index contributed by atoms with van der Waals surface area (Å²) >= 11 is 0. The first kappa shape index (κ1) is 78.0. The number of hydrogen-bond acceptors (Lipinski definition) is 11. The third-order valence-corrected chi connectivity index (χ3v) is 20.1. The number of methoxy groups -OCH3 is 3. The number of benzene rings is 6. The van der Waals surface area contributed by atoms with Gasteiger partial charge in [-0.1, -0.05) is 148 Å². The Morgan fingerprint density at radius 2 is 0.812 bits per heavy atom. The highest BCUT2D eigenvalue weighted by Gasteiger charge is 2.33. The van der Waals surface area contributed by atoms with Crippen molar-refractivity contribution in [1.29, 1.82) is 0 Å². The highest BCUT2D eigenvalue weighted by atomic mass is 16.5. The number of aromatic carboxylic acids is 1. The summed E-state index contributed by atoms with van der Waals surface area (Å²) in [7, 11) is 8.54. The second kappa shape index (κ2) is 40.0. The molecule has 9 aromatic rings. The number of aliphatic hydroxyl groups excluding tert-OH is 2. The predicted molar refractivity (Wildman–Crippen MR) is 397 cm³/mol. The number of aliphatic hydroxyl groups is 2. The van der Waals surface area contributed by atoms with Crippen LogP contribution < -0.4 is 0 Å². The molecule has 0 spiro atoms. The monoisotopic (exact) mass is 1370 g/mol. The van der Waals surface area contributed by atoms with Gasteiger partial charge in [-0.05, 0) is 213 Å². The molecule has 18 heteroatoms. The molecule has 3 radical (unpaired) electrons. The van der Waals surface area contributed by atoms with E-state index in [1.54, 1.807) is 57.4 Å². The Morgan fingerprint density at radius 1 is 0.465 bits per heavy atom.